The van der Waals surface area contributed by atoms with Crippen LogP contribution in [-0.2, 0) is 13.0 Å². The number of aliphatic imine (C=N–C) groups is 1. The number of halogens is 1. The second-order valence-corrected chi connectivity index (χ2v) is 6.69. The summed E-state index contributed by atoms with van der Waals surface area (Å²) in [7, 11) is 0. The van der Waals surface area contributed by atoms with Crippen LogP contribution in [0, 0.1) is 6.92 Å². The Labute approximate surface area is 189 Å². The van der Waals surface area contributed by atoms with E-state index in [0.29, 0.717) is 0 Å². The van der Waals surface area contributed by atoms with E-state index in [1.165, 1.54) is 11.1 Å². The monoisotopic (exact) mass is 507 g/mol. The molecule has 0 unspecified atom stereocenters. The van der Waals surface area contributed by atoms with Crippen LogP contribution in [0.5, 0.6) is 0 Å². The quantitative estimate of drug-likeness (QED) is 0.202. The first kappa shape index (κ1) is 22.9. The summed E-state index contributed by atoms with van der Waals surface area (Å²) in [6.45, 7) is 7.48. The van der Waals surface area contributed by atoms with Gasteiger partial charge in [-0.2, -0.15) is 10.2 Å². The molecule has 156 valence electrons. The molecule has 0 saturated heterocycles. The lowest BCUT2D eigenvalue weighted by Crippen LogP contribution is -2.38. The summed E-state index contributed by atoms with van der Waals surface area (Å²) in [6.07, 6.45) is 9.59. The van der Waals surface area contributed by atoms with Crippen molar-refractivity contribution in [2.75, 3.05) is 19.6 Å². The van der Waals surface area contributed by atoms with Crippen LogP contribution in [0.3, 0.4) is 0 Å². The van der Waals surface area contributed by atoms with E-state index in [9.17, 15) is 0 Å². The Balaban J connectivity index is 0.00000300. The summed E-state index contributed by atoms with van der Waals surface area (Å²) in [6, 6.07) is 10.4. The zero-order valence-electron chi connectivity index (χ0n) is 17.1. The Bertz CT molecular complexity index is 854. The average molecular weight is 507 g/mol. The number of guanidine groups is 1. The first-order valence-corrected chi connectivity index (χ1v) is 9.85. The van der Waals surface area contributed by atoms with Gasteiger partial charge in [0.15, 0.2) is 5.96 Å². The summed E-state index contributed by atoms with van der Waals surface area (Å²) < 4.78 is 3.83. The highest BCUT2D eigenvalue weighted by Crippen LogP contribution is 2.08. The van der Waals surface area contributed by atoms with Crippen LogP contribution >= 0.6 is 24.0 Å². The molecule has 0 fully saturated rings. The van der Waals surface area contributed by atoms with Crippen molar-refractivity contribution in [3.05, 3.63) is 66.2 Å². The second-order valence-electron chi connectivity index (χ2n) is 6.69. The van der Waals surface area contributed by atoms with E-state index in [4.69, 9.17) is 0 Å². The normalized spacial score (nSPS) is 11.2. The third-order valence-electron chi connectivity index (χ3n) is 4.33. The number of hydrogen-bond acceptors (Lipinski definition) is 3. The van der Waals surface area contributed by atoms with Gasteiger partial charge in [0.2, 0.25) is 0 Å². The first-order chi connectivity index (χ1) is 13.7. The number of nitrogens with one attached hydrogen (secondary N) is 2. The second kappa shape index (κ2) is 12.3. The molecule has 0 aliphatic heterocycles. The summed E-state index contributed by atoms with van der Waals surface area (Å²) in [5.74, 6) is 0.868. The molecular weight excluding hydrogens is 477 g/mol. The van der Waals surface area contributed by atoms with E-state index >= 15 is 0 Å². The van der Waals surface area contributed by atoms with Gasteiger partial charge in [0.1, 0.15) is 0 Å². The van der Waals surface area contributed by atoms with Crippen molar-refractivity contribution in [2.24, 2.45) is 4.99 Å². The van der Waals surface area contributed by atoms with Gasteiger partial charge in [-0.05, 0) is 56.0 Å². The van der Waals surface area contributed by atoms with E-state index in [-0.39, 0.29) is 24.0 Å². The summed E-state index contributed by atoms with van der Waals surface area (Å²) in [4.78, 5) is 4.66. The van der Waals surface area contributed by atoms with E-state index in [1.54, 1.807) is 6.20 Å². The van der Waals surface area contributed by atoms with Gasteiger partial charge in [-0.15, -0.1) is 24.0 Å². The van der Waals surface area contributed by atoms with Crippen molar-refractivity contribution in [3.63, 3.8) is 0 Å². The molecule has 0 amide bonds. The van der Waals surface area contributed by atoms with Crippen LogP contribution in [0.2, 0.25) is 0 Å². The van der Waals surface area contributed by atoms with E-state index in [2.05, 4.69) is 70.1 Å². The molecule has 2 aromatic heterocycles. The van der Waals surface area contributed by atoms with Gasteiger partial charge >= 0.3 is 0 Å². The van der Waals surface area contributed by atoms with Gasteiger partial charge in [-0.3, -0.25) is 9.67 Å². The van der Waals surface area contributed by atoms with E-state index < -0.39 is 0 Å². The number of aromatic nitrogens is 4. The molecule has 0 bridgehead atoms. The highest BCUT2D eigenvalue weighted by molar-refractivity contribution is 14.0. The zero-order chi connectivity index (χ0) is 19.6. The third kappa shape index (κ3) is 7.52. The lowest BCUT2D eigenvalue weighted by atomic mass is 10.1. The third-order valence-corrected chi connectivity index (χ3v) is 4.33. The van der Waals surface area contributed by atoms with Gasteiger partial charge in [0.05, 0.1) is 11.9 Å². The predicted octanol–water partition coefficient (Wildman–Crippen LogP) is 3.18. The summed E-state index contributed by atoms with van der Waals surface area (Å²) >= 11 is 0. The Morgan fingerprint density at radius 1 is 1.14 bits per heavy atom. The fourth-order valence-electron chi connectivity index (χ4n) is 2.92. The minimum absolute atomic E-state index is 0. The highest BCUT2D eigenvalue weighted by Gasteiger charge is 2.00. The Morgan fingerprint density at radius 2 is 1.97 bits per heavy atom. The van der Waals surface area contributed by atoms with Crippen molar-refractivity contribution < 1.29 is 0 Å². The van der Waals surface area contributed by atoms with Crippen LogP contribution < -0.4 is 10.6 Å². The maximum Gasteiger partial charge on any atom is 0.191 e. The molecule has 0 atom stereocenters. The number of hydrogen-bond donors (Lipinski definition) is 2. The highest BCUT2D eigenvalue weighted by atomic mass is 127. The molecular formula is C21H30IN7. The summed E-state index contributed by atoms with van der Waals surface area (Å²) in [5, 5.41) is 15.3. The van der Waals surface area contributed by atoms with Crippen molar-refractivity contribution >= 4 is 29.9 Å². The number of benzene rings is 1. The Morgan fingerprint density at radius 3 is 2.62 bits per heavy atom. The van der Waals surface area contributed by atoms with Gasteiger partial charge in [-0.25, -0.2) is 4.68 Å². The molecule has 1 aromatic carbocycles. The minimum Gasteiger partial charge on any atom is -0.357 e. The lowest BCUT2D eigenvalue weighted by Gasteiger charge is -2.11. The SMILES string of the molecule is CCNC(=NCCCn1cc(C)cn1)NCCc1ccc(-n2cccn2)cc1.I. The molecule has 0 radical (unpaired) electrons. The zero-order valence-corrected chi connectivity index (χ0v) is 19.4. The molecule has 3 rings (SSSR count). The van der Waals surface area contributed by atoms with Gasteiger partial charge in [-0.1, -0.05) is 12.1 Å². The number of nitrogens with zero attached hydrogens (tertiary/aromatic N) is 5. The minimum atomic E-state index is 0. The van der Waals surface area contributed by atoms with Crippen LogP contribution in [0.25, 0.3) is 5.69 Å². The molecule has 0 aliphatic rings. The molecule has 8 heteroatoms. The fourth-order valence-corrected chi connectivity index (χ4v) is 2.92. The molecule has 0 aliphatic carbocycles. The molecule has 2 N–H and O–H groups in total. The Hall–Kier alpha value is -2.36. The van der Waals surface area contributed by atoms with Crippen LogP contribution in [0.4, 0.5) is 0 Å². The largest absolute Gasteiger partial charge is 0.357 e. The predicted molar refractivity (Wildman–Crippen MR) is 128 cm³/mol. The average Bonchev–Trinajstić information content (AvgIpc) is 3.38. The number of aryl methyl sites for hydroxylation is 2. The molecule has 0 saturated carbocycles. The Kier molecular flexibility index (Phi) is 9.69. The maximum atomic E-state index is 4.66. The molecule has 7 nitrogen and oxygen atoms in total. The van der Waals surface area contributed by atoms with E-state index in [0.717, 1.165) is 50.7 Å². The van der Waals surface area contributed by atoms with Crippen LogP contribution in [0.15, 0.2) is 60.1 Å². The smallest absolute Gasteiger partial charge is 0.191 e. The van der Waals surface area contributed by atoms with Crippen molar-refractivity contribution in [3.8, 4) is 5.69 Å². The molecule has 2 heterocycles. The van der Waals surface area contributed by atoms with Gasteiger partial charge in [0.25, 0.3) is 0 Å². The molecule has 29 heavy (non-hydrogen) atoms. The van der Waals surface area contributed by atoms with Crippen molar-refractivity contribution in [1.82, 2.24) is 30.2 Å². The van der Waals surface area contributed by atoms with Crippen LogP contribution in [-0.4, -0.2) is 45.2 Å². The standard InChI is InChI=1S/C21H29N7.HI/c1-3-22-21(23-11-4-14-27-17-18(2)16-26-27)24-13-10-19-6-8-20(9-7-19)28-15-5-12-25-28;/h5-9,12,15-17H,3-4,10-11,13-14H2,1-2H3,(H2,22,23,24);1H. The molecule has 3 aromatic rings. The topological polar surface area (TPSA) is 72.1 Å². The fraction of sp³-hybridized carbons (Fsp3) is 0.381. The maximum absolute atomic E-state index is 4.66. The van der Waals surface area contributed by atoms with Crippen molar-refractivity contribution in [2.45, 2.75) is 33.2 Å². The van der Waals surface area contributed by atoms with Crippen LogP contribution in [0.1, 0.15) is 24.5 Å². The molecule has 0 spiro atoms. The summed E-state index contributed by atoms with van der Waals surface area (Å²) in [5.41, 5.74) is 3.55. The first-order valence-electron chi connectivity index (χ1n) is 9.85. The number of rotatable bonds is 9. The lowest BCUT2D eigenvalue weighted by molar-refractivity contribution is 0.583. The van der Waals surface area contributed by atoms with Gasteiger partial charge in [0, 0.05) is 44.8 Å². The van der Waals surface area contributed by atoms with Gasteiger partial charge < -0.3 is 10.6 Å². The van der Waals surface area contributed by atoms with Crippen molar-refractivity contribution in [1.29, 1.82) is 0 Å². The van der Waals surface area contributed by atoms with E-state index in [1.807, 2.05) is 27.8 Å².